The molecule has 2 rings (SSSR count). The van der Waals surface area contributed by atoms with Crippen LogP contribution in [0.5, 0.6) is 0 Å². The molecule has 102 valence electrons. The smallest absolute Gasteiger partial charge is 0.225 e. The summed E-state index contributed by atoms with van der Waals surface area (Å²) in [6, 6.07) is 0.236. The van der Waals surface area contributed by atoms with Crippen LogP contribution in [0.1, 0.15) is 46.5 Å². The van der Waals surface area contributed by atoms with Gasteiger partial charge < -0.3 is 10.2 Å². The minimum Gasteiger partial charge on any atom is -0.353 e. The molecule has 1 aliphatic carbocycles. The van der Waals surface area contributed by atoms with Gasteiger partial charge >= 0.3 is 0 Å². The Hall–Kier alpha value is -1.06. The van der Waals surface area contributed by atoms with Gasteiger partial charge in [0.05, 0.1) is 0 Å². The van der Waals surface area contributed by atoms with Crippen molar-refractivity contribution in [1.29, 1.82) is 0 Å². The van der Waals surface area contributed by atoms with Crippen molar-refractivity contribution in [3.05, 3.63) is 0 Å². The number of hydrogen-bond donors (Lipinski definition) is 1. The van der Waals surface area contributed by atoms with Crippen molar-refractivity contribution in [2.75, 3.05) is 13.1 Å². The SMILES string of the molecule is CC(C)(C)C(=O)NC1CCN(C(=O)C2CC2)CC1. The van der Waals surface area contributed by atoms with Crippen LogP contribution in [0.25, 0.3) is 0 Å². The molecule has 4 heteroatoms. The summed E-state index contributed by atoms with van der Waals surface area (Å²) in [5.74, 6) is 0.746. The second kappa shape index (κ2) is 4.90. The Morgan fingerprint density at radius 1 is 1.06 bits per heavy atom. The zero-order valence-corrected chi connectivity index (χ0v) is 11.7. The van der Waals surface area contributed by atoms with E-state index in [0.29, 0.717) is 11.8 Å². The van der Waals surface area contributed by atoms with E-state index in [2.05, 4.69) is 5.32 Å². The number of piperidine rings is 1. The molecule has 0 atom stereocenters. The van der Waals surface area contributed by atoms with Gasteiger partial charge in [-0.05, 0) is 25.7 Å². The van der Waals surface area contributed by atoms with Crippen LogP contribution >= 0.6 is 0 Å². The molecule has 1 saturated heterocycles. The topological polar surface area (TPSA) is 49.4 Å². The molecule has 2 amide bonds. The number of hydrogen-bond acceptors (Lipinski definition) is 2. The van der Waals surface area contributed by atoms with E-state index in [4.69, 9.17) is 0 Å². The fraction of sp³-hybridized carbons (Fsp3) is 0.857. The lowest BCUT2D eigenvalue weighted by molar-refractivity contribution is -0.134. The van der Waals surface area contributed by atoms with E-state index in [9.17, 15) is 9.59 Å². The Morgan fingerprint density at radius 2 is 1.61 bits per heavy atom. The van der Waals surface area contributed by atoms with Crippen LogP contribution in [0.4, 0.5) is 0 Å². The van der Waals surface area contributed by atoms with Crippen LogP contribution < -0.4 is 5.32 Å². The van der Waals surface area contributed by atoms with Crippen molar-refractivity contribution in [2.24, 2.45) is 11.3 Å². The van der Waals surface area contributed by atoms with Gasteiger partial charge in [-0.15, -0.1) is 0 Å². The molecule has 0 unspecified atom stereocenters. The highest BCUT2D eigenvalue weighted by molar-refractivity contribution is 5.82. The summed E-state index contributed by atoms with van der Waals surface area (Å²) in [7, 11) is 0. The van der Waals surface area contributed by atoms with Crippen molar-refractivity contribution in [3.8, 4) is 0 Å². The van der Waals surface area contributed by atoms with Gasteiger partial charge in [0.2, 0.25) is 11.8 Å². The van der Waals surface area contributed by atoms with E-state index in [1.54, 1.807) is 0 Å². The molecule has 1 heterocycles. The zero-order chi connectivity index (χ0) is 13.3. The maximum atomic E-state index is 11.9. The molecule has 1 N–H and O–H groups in total. The Labute approximate surface area is 109 Å². The van der Waals surface area contributed by atoms with Crippen molar-refractivity contribution < 1.29 is 9.59 Å². The second-order valence-electron chi connectivity index (χ2n) is 6.60. The number of nitrogens with one attached hydrogen (secondary N) is 1. The molecule has 1 saturated carbocycles. The Kier molecular flexibility index (Phi) is 3.64. The van der Waals surface area contributed by atoms with E-state index >= 15 is 0 Å². The van der Waals surface area contributed by atoms with E-state index < -0.39 is 0 Å². The van der Waals surface area contributed by atoms with Crippen LogP contribution in [-0.2, 0) is 9.59 Å². The predicted octanol–water partition coefficient (Wildman–Crippen LogP) is 1.55. The van der Waals surface area contributed by atoms with Crippen molar-refractivity contribution in [1.82, 2.24) is 10.2 Å². The monoisotopic (exact) mass is 252 g/mol. The fourth-order valence-corrected chi connectivity index (χ4v) is 2.23. The first kappa shape index (κ1) is 13.4. The molecule has 2 aliphatic rings. The first-order chi connectivity index (χ1) is 8.38. The lowest BCUT2D eigenvalue weighted by atomic mass is 9.94. The third-order valence-corrected chi connectivity index (χ3v) is 3.75. The molecule has 18 heavy (non-hydrogen) atoms. The zero-order valence-electron chi connectivity index (χ0n) is 11.7. The first-order valence-electron chi connectivity index (χ1n) is 6.97. The van der Waals surface area contributed by atoms with Gasteiger partial charge in [0.1, 0.15) is 0 Å². The Bertz CT molecular complexity index is 334. The summed E-state index contributed by atoms with van der Waals surface area (Å²) in [5, 5.41) is 3.09. The average molecular weight is 252 g/mol. The van der Waals surface area contributed by atoms with Gasteiger partial charge in [0, 0.05) is 30.5 Å². The number of carbonyl (C=O) groups is 2. The number of rotatable bonds is 2. The lowest BCUT2D eigenvalue weighted by Crippen LogP contribution is -2.49. The molecule has 0 aromatic carbocycles. The second-order valence-corrected chi connectivity index (χ2v) is 6.60. The standard InChI is InChI=1S/C14H24N2O2/c1-14(2,3)13(18)15-11-6-8-16(9-7-11)12(17)10-4-5-10/h10-11H,4-9H2,1-3H3,(H,15,18). The Morgan fingerprint density at radius 3 is 2.06 bits per heavy atom. The minimum atomic E-state index is -0.332. The highest BCUT2D eigenvalue weighted by Crippen LogP contribution is 2.31. The maximum absolute atomic E-state index is 11.9. The molecule has 1 aliphatic heterocycles. The highest BCUT2D eigenvalue weighted by Gasteiger charge is 2.35. The van der Waals surface area contributed by atoms with Crippen molar-refractivity contribution >= 4 is 11.8 Å². The predicted molar refractivity (Wildman–Crippen MR) is 69.9 cm³/mol. The molecule has 0 spiro atoms. The van der Waals surface area contributed by atoms with Gasteiger partial charge in [-0.3, -0.25) is 9.59 Å². The van der Waals surface area contributed by atoms with Crippen LogP contribution in [0.2, 0.25) is 0 Å². The summed E-state index contributed by atoms with van der Waals surface area (Å²) in [6.07, 6.45) is 3.92. The third kappa shape index (κ3) is 3.24. The van der Waals surface area contributed by atoms with Gasteiger partial charge in [0.25, 0.3) is 0 Å². The first-order valence-corrected chi connectivity index (χ1v) is 6.97. The van der Waals surface area contributed by atoms with Crippen molar-refractivity contribution in [3.63, 3.8) is 0 Å². The number of amides is 2. The van der Waals surface area contributed by atoms with Gasteiger partial charge in [-0.2, -0.15) is 0 Å². The van der Waals surface area contributed by atoms with E-state index in [0.717, 1.165) is 38.8 Å². The van der Waals surface area contributed by atoms with Crippen LogP contribution in [0, 0.1) is 11.3 Å². The number of nitrogens with zero attached hydrogens (tertiary/aromatic N) is 1. The summed E-state index contributed by atoms with van der Waals surface area (Å²) >= 11 is 0. The van der Waals surface area contributed by atoms with E-state index in [1.165, 1.54) is 0 Å². The molecular weight excluding hydrogens is 228 g/mol. The molecule has 0 aromatic rings. The van der Waals surface area contributed by atoms with Crippen LogP contribution in [0.15, 0.2) is 0 Å². The van der Waals surface area contributed by atoms with Crippen LogP contribution in [0.3, 0.4) is 0 Å². The van der Waals surface area contributed by atoms with Gasteiger partial charge in [-0.25, -0.2) is 0 Å². The van der Waals surface area contributed by atoms with Gasteiger partial charge in [0.15, 0.2) is 0 Å². The minimum absolute atomic E-state index is 0.106. The average Bonchev–Trinajstić information content (AvgIpc) is 3.11. The largest absolute Gasteiger partial charge is 0.353 e. The number of likely N-dealkylation sites (tertiary alicyclic amines) is 1. The molecule has 4 nitrogen and oxygen atoms in total. The lowest BCUT2D eigenvalue weighted by Gasteiger charge is -2.33. The fourth-order valence-electron chi connectivity index (χ4n) is 2.23. The Balaban J connectivity index is 1.76. The van der Waals surface area contributed by atoms with Crippen LogP contribution in [-0.4, -0.2) is 35.8 Å². The molecule has 0 bridgehead atoms. The van der Waals surface area contributed by atoms with Crippen molar-refractivity contribution in [2.45, 2.75) is 52.5 Å². The summed E-state index contributed by atoms with van der Waals surface area (Å²) < 4.78 is 0. The normalized spacial score (nSPS) is 21.8. The molecule has 0 radical (unpaired) electrons. The van der Waals surface area contributed by atoms with Gasteiger partial charge in [-0.1, -0.05) is 20.8 Å². The van der Waals surface area contributed by atoms with E-state index in [1.807, 2.05) is 25.7 Å². The molecule has 0 aromatic heterocycles. The summed E-state index contributed by atoms with van der Waals surface area (Å²) in [5.41, 5.74) is -0.332. The van der Waals surface area contributed by atoms with E-state index in [-0.39, 0.29) is 17.4 Å². The highest BCUT2D eigenvalue weighted by atomic mass is 16.2. The number of carbonyl (C=O) groups excluding carboxylic acids is 2. The third-order valence-electron chi connectivity index (χ3n) is 3.75. The summed E-state index contributed by atoms with van der Waals surface area (Å²) in [6.45, 7) is 7.37. The molecule has 2 fully saturated rings. The quantitative estimate of drug-likeness (QED) is 0.810. The maximum Gasteiger partial charge on any atom is 0.225 e. The summed E-state index contributed by atoms with van der Waals surface area (Å²) in [4.78, 5) is 25.7. The molecular formula is C14H24N2O2.